The molecule has 12 heavy (non-hydrogen) atoms. The van der Waals surface area contributed by atoms with Crippen LogP contribution in [0.2, 0.25) is 0 Å². The number of hydrogen-bond donors (Lipinski definition) is 0. The van der Waals surface area contributed by atoms with E-state index in [0.29, 0.717) is 5.56 Å². The molecular weight excluding hydrogens is 152 g/mol. The van der Waals surface area contributed by atoms with Crippen molar-refractivity contribution in [1.29, 1.82) is 0 Å². The average molecular weight is 160 g/mol. The first-order chi connectivity index (χ1) is 5.68. The van der Waals surface area contributed by atoms with Crippen LogP contribution in [0, 0.1) is 6.92 Å². The van der Waals surface area contributed by atoms with Crippen molar-refractivity contribution in [1.82, 2.24) is 0 Å². The zero-order chi connectivity index (χ0) is 8.72. The molecule has 60 valence electrons. The van der Waals surface area contributed by atoms with E-state index in [0.717, 1.165) is 11.1 Å². The smallest absolute Gasteiger partial charge is 0.229 e. The van der Waals surface area contributed by atoms with Crippen molar-refractivity contribution in [3.05, 3.63) is 34.9 Å². The molecule has 0 radical (unpaired) electrons. The topological polar surface area (TPSA) is 34.1 Å². The Labute approximate surface area is 70.2 Å². The van der Waals surface area contributed by atoms with Gasteiger partial charge in [-0.1, -0.05) is 23.8 Å². The van der Waals surface area contributed by atoms with Crippen LogP contribution in [0.15, 0.2) is 18.2 Å². The van der Waals surface area contributed by atoms with E-state index in [1.807, 2.05) is 19.1 Å². The molecule has 0 atom stereocenters. The van der Waals surface area contributed by atoms with Gasteiger partial charge in [-0.25, -0.2) is 0 Å². The molecule has 2 heteroatoms. The molecule has 1 aromatic rings. The van der Waals surface area contributed by atoms with E-state index in [4.69, 9.17) is 0 Å². The molecule has 0 N–H and O–H groups in total. The maximum absolute atomic E-state index is 11.2. The molecule has 1 aliphatic carbocycles. The fraction of sp³-hybridized carbons (Fsp3) is 0.200. The monoisotopic (exact) mass is 160 g/mol. The summed E-state index contributed by atoms with van der Waals surface area (Å²) >= 11 is 0. The van der Waals surface area contributed by atoms with E-state index < -0.39 is 0 Å². The first-order valence-corrected chi connectivity index (χ1v) is 3.85. The molecule has 2 rings (SSSR count). The Bertz CT molecular complexity index is 377. The number of carbonyl (C=O) groups is 2. The summed E-state index contributed by atoms with van der Waals surface area (Å²) in [5, 5.41) is 0. The van der Waals surface area contributed by atoms with Crippen LogP contribution in [0.4, 0.5) is 0 Å². The van der Waals surface area contributed by atoms with Crippen LogP contribution in [0.25, 0.3) is 0 Å². The highest BCUT2D eigenvalue weighted by atomic mass is 16.2. The quantitative estimate of drug-likeness (QED) is 0.536. The van der Waals surface area contributed by atoms with Crippen molar-refractivity contribution in [3.63, 3.8) is 0 Å². The van der Waals surface area contributed by atoms with Crippen LogP contribution >= 0.6 is 0 Å². The van der Waals surface area contributed by atoms with Gasteiger partial charge in [0.15, 0.2) is 0 Å². The third-order valence-corrected chi connectivity index (χ3v) is 2.11. The van der Waals surface area contributed by atoms with Crippen LogP contribution in [0.5, 0.6) is 0 Å². The Morgan fingerprint density at radius 3 is 2.75 bits per heavy atom. The molecule has 0 amide bonds. The fourth-order valence-corrected chi connectivity index (χ4v) is 1.49. The Balaban J connectivity index is 2.62. The highest BCUT2D eigenvalue weighted by molar-refractivity contribution is 6.47. The standard InChI is InChI=1S/C10H8O2/c1-6-2-3-8-7(4-6)5-9(11)10(8)12/h2-4H,5H2,1H3. The van der Waals surface area contributed by atoms with Crippen molar-refractivity contribution < 1.29 is 9.59 Å². The van der Waals surface area contributed by atoms with Gasteiger partial charge < -0.3 is 0 Å². The third kappa shape index (κ3) is 0.881. The summed E-state index contributed by atoms with van der Waals surface area (Å²) in [5.74, 6) is -0.611. The van der Waals surface area contributed by atoms with Gasteiger partial charge in [-0.15, -0.1) is 0 Å². The molecule has 0 saturated carbocycles. The van der Waals surface area contributed by atoms with E-state index in [2.05, 4.69) is 0 Å². The Morgan fingerprint density at radius 1 is 1.25 bits per heavy atom. The SMILES string of the molecule is Cc1ccc2c(c1)CC(=O)C2=O. The number of aryl methyl sites for hydroxylation is 1. The van der Waals surface area contributed by atoms with Gasteiger partial charge in [0.25, 0.3) is 0 Å². The predicted octanol–water partition coefficient (Wildman–Crippen LogP) is 1.30. The van der Waals surface area contributed by atoms with Crippen molar-refractivity contribution >= 4 is 11.6 Å². The molecule has 0 saturated heterocycles. The van der Waals surface area contributed by atoms with Gasteiger partial charge in [-0.05, 0) is 12.5 Å². The fourth-order valence-electron chi connectivity index (χ4n) is 1.49. The van der Waals surface area contributed by atoms with Gasteiger partial charge in [0.2, 0.25) is 11.6 Å². The lowest BCUT2D eigenvalue weighted by Gasteiger charge is -1.96. The second-order valence-electron chi connectivity index (χ2n) is 3.09. The summed E-state index contributed by atoms with van der Waals surface area (Å²) in [6.45, 7) is 1.95. The molecule has 0 aromatic heterocycles. The lowest BCUT2D eigenvalue weighted by molar-refractivity contribution is -0.114. The first kappa shape index (κ1) is 7.22. The lowest BCUT2D eigenvalue weighted by Crippen LogP contribution is -2.05. The minimum absolute atomic E-state index is 0.282. The second kappa shape index (κ2) is 2.27. The maximum Gasteiger partial charge on any atom is 0.229 e. The van der Waals surface area contributed by atoms with Gasteiger partial charge in [0.05, 0.1) is 0 Å². The second-order valence-corrected chi connectivity index (χ2v) is 3.09. The molecule has 0 aliphatic heterocycles. The van der Waals surface area contributed by atoms with Gasteiger partial charge in [0.1, 0.15) is 0 Å². The molecule has 0 bridgehead atoms. The number of Topliss-reactive ketones (excluding diaryl/α,β-unsaturated/α-hetero) is 2. The van der Waals surface area contributed by atoms with E-state index in [1.54, 1.807) is 6.07 Å². The number of ketones is 2. The Hall–Kier alpha value is -1.44. The lowest BCUT2D eigenvalue weighted by atomic mass is 10.1. The van der Waals surface area contributed by atoms with Crippen molar-refractivity contribution in [2.24, 2.45) is 0 Å². The summed E-state index contributed by atoms with van der Waals surface area (Å²) < 4.78 is 0. The number of rotatable bonds is 0. The molecule has 0 unspecified atom stereocenters. The van der Waals surface area contributed by atoms with Crippen molar-refractivity contribution in [2.45, 2.75) is 13.3 Å². The van der Waals surface area contributed by atoms with Crippen LogP contribution < -0.4 is 0 Å². The van der Waals surface area contributed by atoms with E-state index >= 15 is 0 Å². The van der Waals surface area contributed by atoms with Crippen LogP contribution in [-0.4, -0.2) is 11.6 Å². The molecule has 0 heterocycles. The minimum Gasteiger partial charge on any atom is -0.290 e. The highest BCUT2D eigenvalue weighted by Crippen LogP contribution is 2.20. The van der Waals surface area contributed by atoms with Gasteiger partial charge in [-0.2, -0.15) is 0 Å². The molecule has 1 aliphatic rings. The maximum atomic E-state index is 11.2. The molecule has 0 fully saturated rings. The first-order valence-electron chi connectivity index (χ1n) is 3.85. The number of benzene rings is 1. The molecule has 1 aromatic carbocycles. The molecule has 2 nitrogen and oxygen atoms in total. The zero-order valence-electron chi connectivity index (χ0n) is 6.76. The summed E-state index contributed by atoms with van der Waals surface area (Å²) in [6, 6.07) is 5.49. The largest absolute Gasteiger partial charge is 0.290 e. The van der Waals surface area contributed by atoms with Gasteiger partial charge in [-0.3, -0.25) is 9.59 Å². The van der Waals surface area contributed by atoms with Crippen molar-refractivity contribution in [2.75, 3.05) is 0 Å². The van der Waals surface area contributed by atoms with E-state index in [1.165, 1.54) is 0 Å². The van der Waals surface area contributed by atoms with E-state index in [9.17, 15) is 9.59 Å². The number of carbonyl (C=O) groups excluding carboxylic acids is 2. The van der Waals surface area contributed by atoms with Gasteiger partial charge >= 0.3 is 0 Å². The number of hydrogen-bond acceptors (Lipinski definition) is 2. The normalized spacial score (nSPS) is 15.1. The summed E-state index contributed by atoms with van der Waals surface area (Å²) in [5.41, 5.74) is 2.56. The Morgan fingerprint density at radius 2 is 2.00 bits per heavy atom. The zero-order valence-corrected chi connectivity index (χ0v) is 6.76. The summed E-state index contributed by atoms with van der Waals surface area (Å²) in [4.78, 5) is 22.2. The van der Waals surface area contributed by atoms with Crippen LogP contribution in [-0.2, 0) is 11.2 Å². The minimum atomic E-state index is -0.329. The van der Waals surface area contributed by atoms with Crippen LogP contribution in [0.3, 0.4) is 0 Å². The summed E-state index contributed by atoms with van der Waals surface area (Å²) in [7, 11) is 0. The predicted molar refractivity (Wildman–Crippen MR) is 44.2 cm³/mol. The van der Waals surface area contributed by atoms with Gasteiger partial charge in [0, 0.05) is 12.0 Å². The van der Waals surface area contributed by atoms with Crippen LogP contribution in [0.1, 0.15) is 21.5 Å². The summed E-state index contributed by atoms with van der Waals surface area (Å²) in [6.07, 6.45) is 0.288. The Kier molecular flexibility index (Phi) is 1.37. The van der Waals surface area contributed by atoms with E-state index in [-0.39, 0.29) is 18.0 Å². The third-order valence-electron chi connectivity index (χ3n) is 2.11. The van der Waals surface area contributed by atoms with Crippen molar-refractivity contribution in [3.8, 4) is 0 Å². The molecular formula is C10H8O2. The molecule has 0 spiro atoms. The number of fused-ring (bicyclic) bond motifs is 1. The highest BCUT2D eigenvalue weighted by Gasteiger charge is 2.27. The average Bonchev–Trinajstić information content (AvgIpc) is 2.28.